The summed E-state index contributed by atoms with van der Waals surface area (Å²) in [6, 6.07) is 19.9. The Hall–Kier alpha value is -3.21. The summed E-state index contributed by atoms with van der Waals surface area (Å²) < 4.78 is 13.0. The van der Waals surface area contributed by atoms with Crippen molar-refractivity contribution >= 4 is 17.4 Å². The molecular weight excluding hydrogens is 365 g/mol. The minimum Gasteiger partial charge on any atom is -0.357 e. The van der Waals surface area contributed by atoms with E-state index in [2.05, 4.69) is 45.5 Å². The summed E-state index contributed by atoms with van der Waals surface area (Å²) in [5.41, 5.74) is 2.45. The molecule has 2 aromatic carbocycles. The zero-order chi connectivity index (χ0) is 20.1. The van der Waals surface area contributed by atoms with Crippen molar-refractivity contribution in [1.29, 1.82) is 0 Å². The third kappa shape index (κ3) is 4.99. The van der Waals surface area contributed by atoms with Crippen LogP contribution in [0, 0.1) is 11.7 Å². The number of nitrogens with zero attached hydrogens (tertiary/aromatic N) is 2. The highest BCUT2D eigenvalue weighted by Crippen LogP contribution is 2.25. The minimum absolute atomic E-state index is 0.277. The highest BCUT2D eigenvalue weighted by molar-refractivity contribution is 6.04. The fourth-order valence-electron chi connectivity index (χ4n) is 3.77. The standard InChI is InChI=1S/C24H24FN3O/c25-21-8-6-20(7-9-21)24(29)27-22-10-11-23(26-17-22)28-14-12-19(13-15-28)16-18-4-2-1-3-5-18/h1-11,17,19H,12-16H2,(H,27,29). The molecule has 1 N–H and O–H groups in total. The molecule has 3 aromatic rings. The van der Waals surface area contributed by atoms with Crippen molar-refractivity contribution in [3.8, 4) is 0 Å². The third-order valence-electron chi connectivity index (χ3n) is 5.42. The highest BCUT2D eigenvalue weighted by Gasteiger charge is 2.20. The van der Waals surface area contributed by atoms with E-state index in [1.54, 1.807) is 6.20 Å². The Balaban J connectivity index is 1.30. The lowest BCUT2D eigenvalue weighted by atomic mass is 9.90. The van der Waals surface area contributed by atoms with Crippen molar-refractivity contribution in [3.05, 3.63) is 89.9 Å². The summed E-state index contributed by atoms with van der Waals surface area (Å²) in [4.78, 5) is 19.0. The molecule has 1 saturated heterocycles. The van der Waals surface area contributed by atoms with Gasteiger partial charge < -0.3 is 10.2 Å². The van der Waals surface area contributed by atoms with Gasteiger partial charge in [-0.25, -0.2) is 9.37 Å². The van der Waals surface area contributed by atoms with Gasteiger partial charge in [0.2, 0.25) is 0 Å². The summed E-state index contributed by atoms with van der Waals surface area (Å²) in [6.07, 6.45) is 5.11. The summed E-state index contributed by atoms with van der Waals surface area (Å²) in [6.45, 7) is 1.98. The number of benzene rings is 2. The predicted octanol–water partition coefficient (Wildman–Crippen LogP) is 4.93. The van der Waals surface area contributed by atoms with Crippen molar-refractivity contribution in [2.45, 2.75) is 19.3 Å². The fourth-order valence-corrected chi connectivity index (χ4v) is 3.77. The molecular formula is C24H24FN3O. The second-order valence-electron chi connectivity index (χ2n) is 7.49. The van der Waals surface area contributed by atoms with Crippen LogP contribution in [0.2, 0.25) is 0 Å². The van der Waals surface area contributed by atoms with Crippen LogP contribution in [-0.4, -0.2) is 24.0 Å². The highest BCUT2D eigenvalue weighted by atomic mass is 19.1. The van der Waals surface area contributed by atoms with Crippen LogP contribution in [0.15, 0.2) is 72.9 Å². The first kappa shape index (κ1) is 19.1. The number of hydrogen-bond acceptors (Lipinski definition) is 3. The predicted molar refractivity (Wildman–Crippen MR) is 114 cm³/mol. The summed E-state index contributed by atoms with van der Waals surface area (Å²) in [7, 11) is 0. The summed E-state index contributed by atoms with van der Waals surface area (Å²) in [5, 5.41) is 2.80. The maximum atomic E-state index is 13.0. The lowest BCUT2D eigenvalue weighted by Crippen LogP contribution is -2.34. The number of rotatable bonds is 5. The van der Waals surface area contributed by atoms with Crippen LogP contribution in [0.25, 0.3) is 0 Å². The van der Waals surface area contributed by atoms with Gasteiger partial charge in [0.05, 0.1) is 11.9 Å². The molecule has 29 heavy (non-hydrogen) atoms. The number of carbonyl (C=O) groups excluding carboxylic acids is 1. The number of aromatic nitrogens is 1. The molecule has 0 radical (unpaired) electrons. The van der Waals surface area contributed by atoms with Gasteiger partial charge in [0.1, 0.15) is 11.6 Å². The van der Waals surface area contributed by atoms with Crippen LogP contribution < -0.4 is 10.2 Å². The van der Waals surface area contributed by atoms with Crippen LogP contribution in [0.3, 0.4) is 0 Å². The van der Waals surface area contributed by atoms with Gasteiger partial charge in [0.15, 0.2) is 0 Å². The van der Waals surface area contributed by atoms with Crippen LogP contribution in [0.5, 0.6) is 0 Å². The van der Waals surface area contributed by atoms with E-state index in [0.717, 1.165) is 38.2 Å². The van der Waals surface area contributed by atoms with E-state index in [1.807, 2.05) is 12.1 Å². The van der Waals surface area contributed by atoms with E-state index in [9.17, 15) is 9.18 Å². The number of carbonyl (C=O) groups is 1. The molecule has 0 aliphatic carbocycles. The molecule has 0 unspecified atom stereocenters. The Morgan fingerprint density at radius 3 is 2.38 bits per heavy atom. The third-order valence-corrected chi connectivity index (χ3v) is 5.42. The van der Waals surface area contributed by atoms with Gasteiger partial charge in [-0.15, -0.1) is 0 Å². The largest absolute Gasteiger partial charge is 0.357 e. The number of piperidine rings is 1. The van der Waals surface area contributed by atoms with E-state index in [0.29, 0.717) is 17.2 Å². The smallest absolute Gasteiger partial charge is 0.255 e. The maximum absolute atomic E-state index is 13.0. The topological polar surface area (TPSA) is 45.2 Å². The van der Waals surface area contributed by atoms with Gasteiger partial charge in [0, 0.05) is 18.7 Å². The van der Waals surface area contributed by atoms with Crippen LogP contribution >= 0.6 is 0 Å². The zero-order valence-corrected chi connectivity index (χ0v) is 16.2. The Morgan fingerprint density at radius 1 is 1.00 bits per heavy atom. The van der Waals surface area contributed by atoms with E-state index in [1.165, 1.54) is 29.8 Å². The SMILES string of the molecule is O=C(Nc1ccc(N2CCC(Cc3ccccc3)CC2)nc1)c1ccc(F)cc1. The fraction of sp³-hybridized carbons (Fsp3) is 0.250. The van der Waals surface area contributed by atoms with Crippen molar-refractivity contribution in [3.63, 3.8) is 0 Å². The van der Waals surface area contributed by atoms with Crippen molar-refractivity contribution in [1.82, 2.24) is 4.98 Å². The van der Waals surface area contributed by atoms with E-state index in [-0.39, 0.29) is 11.7 Å². The van der Waals surface area contributed by atoms with Crippen LogP contribution in [0.4, 0.5) is 15.9 Å². The number of nitrogens with one attached hydrogen (secondary N) is 1. The number of halogens is 1. The number of pyridine rings is 1. The van der Waals surface area contributed by atoms with E-state index >= 15 is 0 Å². The first-order chi connectivity index (χ1) is 14.2. The molecule has 4 nitrogen and oxygen atoms in total. The Labute approximate surface area is 170 Å². The number of amides is 1. The first-order valence-corrected chi connectivity index (χ1v) is 9.99. The number of hydrogen-bond donors (Lipinski definition) is 1. The van der Waals surface area contributed by atoms with Gasteiger partial charge in [-0.2, -0.15) is 0 Å². The van der Waals surface area contributed by atoms with Crippen molar-refractivity contribution < 1.29 is 9.18 Å². The Bertz CT molecular complexity index is 934. The average molecular weight is 389 g/mol. The number of anilines is 2. The minimum atomic E-state index is -0.361. The molecule has 0 spiro atoms. The lowest BCUT2D eigenvalue weighted by Gasteiger charge is -2.33. The molecule has 148 valence electrons. The second-order valence-corrected chi connectivity index (χ2v) is 7.49. The Kier molecular flexibility index (Phi) is 5.84. The van der Waals surface area contributed by atoms with E-state index in [4.69, 9.17) is 0 Å². The zero-order valence-electron chi connectivity index (χ0n) is 16.2. The molecule has 4 rings (SSSR count). The molecule has 0 atom stereocenters. The van der Waals surface area contributed by atoms with Gasteiger partial charge in [-0.05, 0) is 67.1 Å². The van der Waals surface area contributed by atoms with Gasteiger partial charge in [-0.3, -0.25) is 4.79 Å². The monoisotopic (exact) mass is 389 g/mol. The van der Waals surface area contributed by atoms with Crippen LogP contribution in [0.1, 0.15) is 28.8 Å². The summed E-state index contributed by atoms with van der Waals surface area (Å²) >= 11 is 0. The normalized spacial score (nSPS) is 14.6. The van der Waals surface area contributed by atoms with Gasteiger partial charge >= 0.3 is 0 Å². The van der Waals surface area contributed by atoms with Crippen molar-refractivity contribution in [2.75, 3.05) is 23.3 Å². The van der Waals surface area contributed by atoms with Crippen LogP contribution in [-0.2, 0) is 6.42 Å². The molecule has 1 fully saturated rings. The molecule has 1 aliphatic heterocycles. The van der Waals surface area contributed by atoms with Gasteiger partial charge in [0.25, 0.3) is 5.91 Å². The molecule has 5 heteroatoms. The first-order valence-electron chi connectivity index (χ1n) is 9.99. The molecule has 0 saturated carbocycles. The molecule has 1 amide bonds. The van der Waals surface area contributed by atoms with Gasteiger partial charge in [-0.1, -0.05) is 30.3 Å². The maximum Gasteiger partial charge on any atom is 0.255 e. The molecule has 2 heterocycles. The van der Waals surface area contributed by atoms with Crippen molar-refractivity contribution in [2.24, 2.45) is 5.92 Å². The summed E-state index contributed by atoms with van der Waals surface area (Å²) in [5.74, 6) is 1.01. The van der Waals surface area contributed by atoms with E-state index < -0.39 is 0 Å². The molecule has 1 aromatic heterocycles. The molecule has 1 aliphatic rings. The average Bonchev–Trinajstić information content (AvgIpc) is 2.76. The lowest BCUT2D eigenvalue weighted by molar-refractivity contribution is 0.102. The second kappa shape index (κ2) is 8.86. The quantitative estimate of drug-likeness (QED) is 0.673. The molecule has 0 bridgehead atoms. The Morgan fingerprint density at radius 2 is 1.72 bits per heavy atom.